The lowest BCUT2D eigenvalue weighted by atomic mass is 9.82. The van der Waals surface area contributed by atoms with Crippen LogP contribution in [0.5, 0.6) is 0 Å². The van der Waals surface area contributed by atoms with Crippen LogP contribution >= 0.6 is 0 Å². The zero-order valence-corrected chi connectivity index (χ0v) is 18.1. The van der Waals surface area contributed by atoms with Crippen LogP contribution in [0.2, 0.25) is 0 Å². The SMILES string of the molecule is CC(C)(CCCCO)CCCCOCCCCC(C)(C)CS(C)(=O)=O. The quantitative estimate of drug-likeness (QED) is 0.399. The molecule has 0 aliphatic heterocycles. The van der Waals surface area contributed by atoms with Crippen molar-refractivity contribution < 1.29 is 18.3 Å². The molecule has 5 heteroatoms. The van der Waals surface area contributed by atoms with Crippen LogP contribution in [-0.4, -0.2) is 45.4 Å². The average molecular weight is 379 g/mol. The summed E-state index contributed by atoms with van der Waals surface area (Å²) in [4.78, 5) is 0. The number of hydrogen-bond acceptors (Lipinski definition) is 4. The molecular weight excluding hydrogens is 336 g/mol. The highest BCUT2D eigenvalue weighted by Crippen LogP contribution is 2.29. The Labute approximate surface area is 156 Å². The molecule has 0 aromatic heterocycles. The Kier molecular flexibility index (Phi) is 12.2. The summed E-state index contributed by atoms with van der Waals surface area (Å²) in [6, 6.07) is 0. The van der Waals surface area contributed by atoms with Gasteiger partial charge in [-0.05, 0) is 49.4 Å². The van der Waals surface area contributed by atoms with Gasteiger partial charge >= 0.3 is 0 Å². The van der Waals surface area contributed by atoms with Gasteiger partial charge in [-0.15, -0.1) is 0 Å². The Morgan fingerprint density at radius 1 is 0.760 bits per heavy atom. The Hall–Kier alpha value is -0.130. The molecule has 0 saturated carbocycles. The summed E-state index contributed by atoms with van der Waals surface area (Å²) in [5, 5.41) is 8.85. The molecule has 0 spiro atoms. The summed E-state index contributed by atoms with van der Waals surface area (Å²) in [7, 11) is -2.90. The van der Waals surface area contributed by atoms with Gasteiger partial charge in [0.05, 0.1) is 5.75 Å². The van der Waals surface area contributed by atoms with Crippen molar-refractivity contribution in [2.45, 2.75) is 85.5 Å². The maximum atomic E-state index is 11.4. The molecule has 0 rings (SSSR count). The van der Waals surface area contributed by atoms with E-state index in [1.54, 1.807) is 0 Å². The van der Waals surface area contributed by atoms with E-state index in [1.165, 1.54) is 25.5 Å². The summed E-state index contributed by atoms with van der Waals surface area (Å²) < 4.78 is 28.5. The van der Waals surface area contributed by atoms with Crippen molar-refractivity contribution in [1.82, 2.24) is 0 Å². The van der Waals surface area contributed by atoms with E-state index in [9.17, 15) is 8.42 Å². The van der Waals surface area contributed by atoms with E-state index in [-0.39, 0.29) is 11.2 Å². The number of rotatable bonds is 16. The minimum absolute atomic E-state index is 0.144. The van der Waals surface area contributed by atoms with Gasteiger partial charge in [-0.3, -0.25) is 0 Å². The van der Waals surface area contributed by atoms with Gasteiger partial charge < -0.3 is 9.84 Å². The molecule has 0 aliphatic rings. The molecular formula is C20H42O4S. The van der Waals surface area contributed by atoms with Crippen molar-refractivity contribution in [1.29, 1.82) is 0 Å². The summed E-state index contributed by atoms with van der Waals surface area (Å²) in [6.45, 7) is 10.6. The minimum Gasteiger partial charge on any atom is -0.396 e. The highest BCUT2D eigenvalue weighted by Gasteiger charge is 2.22. The number of ether oxygens (including phenoxy) is 1. The van der Waals surface area contributed by atoms with Crippen molar-refractivity contribution in [2.24, 2.45) is 10.8 Å². The lowest BCUT2D eigenvalue weighted by Crippen LogP contribution is -2.23. The third kappa shape index (κ3) is 17.1. The third-order valence-corrected chi connectivity index (χ3v) is 6.00. The smallest absolute Gasteiger partial charge is 0.147 e. The monoisotopic (exact) mass is 378 g/mol. The fraction of sp³-hybridized carbons (Fsp3) is 1.00. The van der Waals surface area contributed by atoms with Gasteiger partial charge in [0.1, 0.15) is 9.84 Å². The van der Waals surface area contributed by atoms with Gasteiger partial charge in [0.25, 0.3) is 0 Å². The van der Waals surface area contributed by atoms with Crippen LogP contribution in [-0.2, 0) is 14.6 Å². The van der Waals surface area contributed by atoms with Gasteiger partial charge in [-0.2, -0.15) is 0 Å². The van der Waals surface area contributed by atoms with E-state index in [1.807, 2.05) is 13.8 Å². The summed E-state index contributed by atoms with van der Waals surface area (Å²) in [6.07, 6.45) is 10.9. The molecule has 4 nitrogen and oxygen atoms in total. The number of unbranched alkanes of at least 4 members (excludes halogenated alkanes) is 3. The summed E-state index contributed by atoms with van der Waals surface area (Å²) >= 11 is 0. The van der Waals surface area contributed by atoms with Crippen LogP contribution in [0.25, 0.3) is 0 Å². The molecule has 152 valence electrons. The second-order valence-corrected chi connectivity index (χ2v) is 11.2. The molecule has 0 aromatic carbocycles. The maximum absolute atomic E-state index is 11.4. The first-order valence-corrected chi connectivity index (χ1v) is 11.9. The second-order valence-electron chi connectivity index (χ2n) is 9.11. The van der Waals surface area contributed by atoms with Crippen molar-refractivity contribution in [3.05, 3.63) is 0 Å². The number of hydrogen-bond donors (Lipinski definition) is 1. The maximum Gasteiger partial charge on any atom is 0.147 e. The first-order valence-electron chi connectivity index (χ1n) is 9.84. The van der Waals surface area contributed by atoms with Crippen molar-refractivity contribution >= 4 is 9.84 Å². The van der Waals surface area contributed by atoms with Crippen molar-refractivity contribution in [2.75, 3.05) is 31.8 Å². The lowest BCUT2D eigenvalue weighted by Gasteiger charge is -2.24. The van der Waals surface area contributed by atoms with E-state index < -0.39 is 9.84 Å². The second kappa shape index (κ2) is 12.3. The van der Waals surface area contributed by atoms with Crippen molar-refractivity contribution in [3.63, 3.8) is 0 Å². The molecule has 25 heavy (non-hydrogen) atoms. The number of sulfone groups is 1. The van der Waals surface area contributed by atoms with Crippen molar-refractivity contribution in [3.8, 4) is 0 Å². The molecule has 0 bridgehead atoms. The molecule has 0 aliphatic carbocycles. The average Bonchev–Trinajstić information content (AvgIpc) is 2.43. The van der Waals surface area contributed by atoms with Gasteiger partial charge in [0.15, 0.2) is 0 Å². The van der Waals surface area contributed by atoms with Crippen LogP contribution in [0.4, 0.5) is 0 Å². The van der Waals surface area contributed by atoms with Gasteiger partial charge in [0, 0.05) is 26.1 Å². The first-order chi connectivity index (χ1) is 11.5. The fourth-order valence-corrected chi connectivity index (χ4v) is 4.90. The molecule has 0 unspecified atom stereocenters. The normalized spacial score (nSPS) is 13.4. The highest BCUT2D eigenvalue weighted by molar-refractivity contribution is 7.90. The van der Waals surface area contributed by atoms with Gasteiger partial charge in [0.2, 0.25) is 0 Å². The zero-order chi connectivity index (χ0) is 19.4. The number of aliphatic hydroxyl groups is 1. The van der Waals surface area contributed by atoms with Crippen LogP contribution < -0.4 is 0 Å². The van der Waals surface area contributed by atoms with E-state index in [0.29, 0.717) is 12.0 Å². The first kappa shape index (κ1) is 24.9. The summed E-state index contributed by atoms with van der Waals surface area (Å²) in [5.74, 6) is 0.259. The standard InChI is InChI=1S/C20H42O4S/c1-19(2,12-6-9-15-21)13-7-10-16-24-17-11-8-14-20(3,4)18-25(5,22)23/h21H,6-18H2,1-5H3. The molecule has 0 amide bonds. The molecule has 0 fully saturated rings. The van der Waals surface area contributed by atoms with E-state index in [4.69, 9.17) is 9.84 Å². The predicted molar refractivity (Wildman–Crippen MR) is 107 cm³/mol. The predicted octanol–water partition coefficient (Wildman–Crippen LogP) is 4.60. The Morgan fingerprint density at radius 3 is 1.64 bits per heavy atom. The van der Waals surface area contributed by atoms with E-state index in [2.05, 4.69) is 13.8 Å². The lowest BCUT2D eigenvalue weighted by molar-refractivity contribution is 0.120. The van der Waals surface area contributed by atoms with Gasteiger partial charge in [-0.25, -0.2) is 8.42 Å². The van der Waals surface area contributed by atoms with Crippen LogP contribution in [0.1, 0.15) is 85.5 Å². The van der Waals surface area contributed by atoms with E-state index >= 15 is 0 Å². The Bertz CT molecular complexity index is 427. The largest absolute Gasteiger partial charge is 0.396 e. The molecule has 0 radical (unpaired) electrons. The van der Waals surface area contributed by atoms with Crippen LogP contribution in [0.15, 0.2) is 0 Å². The highest BCUT2D eigenvalue weighted by atomic mass is 32.2. The molecule has 0 saturated heterocycles. The van der Waals surface area contributed by atoms with Gasteiger partial charge in [-0.1, -0.05) is 47.0 Å². The molecule has 1 N–H and O–H groups in total. The third-order valence-electron chi connectivity index (χ3n) is 4.70. The van der Waals surface area contributed by atoms with E-state index in [0.717, 1.165) is 51.7 Å². The van der Waals surface area contributed by atoms with Crippen LogP contribution in [0, 0.1) is 10.8 Å². The fourth-order valence-electron chi connectivity index (χ4n) is 3.34. The molecule has 0 aromatic rings. The zero-order valence-electron chi connectivity index (χ0n) is 17.3. The summed E-state index contributed by atoms with van der Waals surface area (Å²) in [5.41, 5.74) is 0.218. The Balaban J connectivity index is 3.58. The molecule has 0 atom stereocenters. The topological polar surface area (TPSA) is 63.6 Å². The van der Waals surface area contributed by atoms with Crippen LogP contribution in [0.3, 0.4) is 0 Å². The minimum atomic E-state index is -2.90. The molecule has 0 heterocycles. The Morgan fingerprint density at radius 2 is 1.20 bits per heavy atom. The number of aliphatic hydroxyl groups excluding tert-OH is 1.